The molecule has 0 N–H and O–H groups in total. The van der Waals surface area contributed by atoms with Gasteiger partial charge in [0.05, 0.1) is 0 Å². The summed E-state index contributed by atoms with van der Waals surface area (Å²) in [6.07, 6.45) is 18.5. The van der Waals surface area contributed by atoms with Gasteiger partial charge >= 0.3 is 0 Å². The van der Waals surface area contributed by atoms with E-state index in [4.69, 9.17) is 4.43 Å². The van der Waals surface area contributed by atoms with Gasteiger partial charge in [-0.15, -0.1) is 0 Å². The molecule has 0 aliphatic heterocycles. The lowest BCUT2D eigenvalue weighted by atomic mass is 10.0. The fourth-order valence-electron chi connectivity index (χ4n) is 2.50. The number of unbranched alkanes of at least 4 members (excludes halogenated alkanes) is 12. The van der Waals surface area contributed by atoms with E-state index in [1.165, 1.54) is 83.5 Å². The SMILES string of the molecule is CCCCCCCCCCCCCCCO[Si](C)(C)C. The molecule has 0 aromatic rings. The highest BCUT2D eigenvalue weighted by molar-refractivity contribution is 6.69. The van der Waals surface area contributed by atoms with E-state index in [1.807, 2.05) is 0 Å². The molecule has 0 saturated carbocycles. The third-order valence-electron chi connectivity index (χ3n) is 3.78. The Bertz CT molecular complexity index is 186. The van der Waals surface area contributed by atoms with E-state index in [-0.39, 0.29) is 0 Å². The highest BCUT2D eigenvalue weighted by Gasteiger charge is 2.12. The third-order valence-corrected chi connectivity index (χ3v) is 4.85. The Morgan fingerprint density at radius 3 is 1.25 bits per heavy atom. The zero-order valence-corrected chi connectivity index (χ0v) is 15.8. The molecule has 0 heterocycles. The molecule has 0 unspecified atom stereocenters. The molecular formula is C18H40OSi. The Morgan fingerprint density at radius 1 is 0.550 bits per heavy atom. The lowest BCUT2D eigenvalue weighted by molar-refractivity contribution is 0.298. The maximum Gasteiger partial charge on any atom is 0.183 e. The van der Waals surface area contributed by atoms with Gasteiger partial charge in [-0.2, -0.15) is 0 Å². The van der Waals surface area contributed by atoms with Crippen LogP contribution in [0.2, 0.25) is 19.6 Å². The van der Waals surface area contributed by atoms with Gasteiger partial charge in [-0.1, -0.05) is 84.0 Å². The second-order valence-electron chi connectivity index (χ2n) is 7.20. The molecule has 0 aromatic carbocycles. The molecule has 0 saturated heterocycles. The standard InChI is InChI=1S/C18H40OSi/c1-5-6-7-8-9-10-11-12-13-14-15-16-17-18-19-20(2,3)4/h5-18H2,1-4H3. The van der Waals surface area contributed by atoms with Crippen LogP contribution >= 0.6 is 0 Å². The van der Waals surface area contributed by atoms with Crippen molar-refractivity contribution < 1.29 is 4.43 Å². The molecular weight excluding hydrogens is 260 g/mol. The highest BCUT2D eigenvalue weighted by atomic mass is 28.4. The first kappa shape index (κ1) is 20.2. The monoisotopic (exact) mass is 300 g/mol. The molecule has 0 spiro atoms. The van der Waals surface area contributed by atoms with Crippen molar-refractivity contribution in [3.8, 4) is 0 Å². The summed E-state index contributed by atoms with van der Waals surface area (Å²) in [5, 5.41) is 0. The van der Waals surface area contributed by atoms with Crippen LogP contribution in [-0.2, 0) is 4.43 Å². The molecule has 0 aromatic heterocycles. The lowest BCUT2D eigenvalue weighted by Gasteiger charge is -2.16. The van der Waals surface area contributed by atoms with E-state index in [0.29, 0.717) is 0 Å². The minimum Gasteiger partial charge on any atom is -0.418 e. The van der Waals surface area contributed by atoms with Crippen molar-refractivity contribution in [3.63, 3.8) is 0 Å². The summed E-state index contributed by atoms with van der Waals surface area (Å²) in [6.45, 7) is 10.1. The van der Waals surface area contributed by atoms with Crippen LogP contribution in [0.3, 0.4) is 0 Å². The first-order valence-corrected chi connectivity index (χ1v) is 12.6. The van der Waals surface area contributed by atoms with Gasteiger partial charge in [-0.25, -0.2) is 0 Å². The Morgan fingerprint density at radius 2 is 0.900 bits per heavy atom. The molecule has 2 heteroatoms. The number of hydrogen-bond acceptors (Lipinski definition) is 1. The summed E-state index contributed by atoms with van der Waals surface area (Å²) in [5.74, 6) is 0. The normalized spacial score (nSPS) is 12.0. The molecule has 0 rings (SSSR count). The highest BCUT2D eigenvalue weighted by Crippen LogP contribution is 2.12. The smallest absolute Gasteiger partial charge is 0.183 e. The van der Waals surface area contributed by atoms with Gasteiger partial charge in [0.1, 0.15) is 0 Å². The van der Waals surface area contributed by atoms with Gasteiger partial charge in [0.2, 0.25) is 0 Å². The maximum atomic E-state index is 5.87. The minimum atomic E-state index is -1.26. The Balaban J connectivity index is 2.99. The van der Waals surface area contributed by atoms with Crippen LogP contribution in [0.5, 0.6) is 0 Å². The van der Waals surface area contributed by atoms with E-state index in [0.717, 1.165) is 6.61 Å². The second-order valence-corrected chi connectivity index (χ2v) is 11.7. The fraction of sp³-hybridized carbons (Fsp3) is 1.00. The molecule has 0 radical (unpaired) electrons. The van der Waals surface area contributed by atoms with Gasteiger partial charge in [-0.3, -0.25) is 0 Å². The molecule has 0 atom stereocenters. The van der Waals surface area contributed by atoms with E-state index in [2.05, 4.69) is 26.6 Å². The van der Waals surface area contributed by atoms with Crippen LogP contribution in [0, 0.1) is 0 Å². The molecule has 122 valence electrons. The van der Waals surface area contributed by atoms with Crippen LogP contribution in [0.15, 0.2) is 0 Å². The van der Waals surface area contributed by atoms with Gasteiger partial charge in [0.15, 0.2) is 8.32 Å². The third kappa shape index (κ3) is 18.2. The largest absolute Gasteiger partial charge is 0.418 e. The van der Waals surface area contributed by atoms with Crippen LogP contribution in [0.4, 0.5) is 0 Å². The van der Waals surface area contributed by atoms with Crippen molar-refractivity contribution in [2.75, 3.05) is 6.61 Å². The first-order valence-electron chi connectivity index (χ1n) is 9.20. The van der Waals surface area contributed by atoms with Gasteiger partial charge in [0.25, 0.3) is 0 Å². The maximum absolute atomic E-state index is 5.87. The fourth-order valence-corrected chi connectivity index (χ4v) is 3.25. The van der Waals surface area contributed by atoms with E-state index in [9.17, 15) is 0 Å². The summed E-state index contributed by atoms with van der Waals surface area (Å²) >= 11 is 0. The summed E-state index contributed by atoms with van der Waals surface area (Å²) in [7, 11) is -1.26. The van der Waals surface area contributed by atoms with E-state index >= 15 is 0 Å². The van der Waals surface area contributed by atoms with E-state index in [1.54, 1.807) is 0 Å². The molecule has 0 aliphatic rings. The number of hydrogen-bond donors (Lipinski definition) is 0. The van der Waals surface area contributed by atoms with Crippen molar-refractivity contribution in [2.24, 2.45) is 0 Å². The zero-order chi connectivity index (χ0) is 15.1. The van der Waals surface area contributed by atoms with Crippen molar-refractivity contribution in [2.45, 2.75) is 110 Å². The second kappa shape index (κ2) is 14.1. The predicted octanol–water partition coefficient (Wildman–Crippen LogP) is 6.93. The Hall–Kier alpha value is 0.177. The molecule has 0 bridgehead atoms. The molecule has 20 heavy (non-hydrogen) atoms. The molecule has 0 amide bonds. The lowest BCUT2D eigenvalue weighted by Crippen LogP contribution is -2.25. The van der Waals surface area contributed by atoms with Gasteiger partial charge in [-0.05, 0) is 26.1 Å². The predicted molar refractivity (Wildman–Crippen MR) is 95.0 cm³/mol. The van der Waals surface area contributed by atoms with Crippen molar-refractivity contribution in [1.82, 2.24) is 0 Å². The van der Waals surface area contributed by atoms with Crippen molar-refractivity contribution in [1.29, 1.82) is 0 Å². The average molecular weight is 301 g/mol. The van der Waals surface area contributed by atoms with Gasteiger partial charge < -0.3 is 4.43 Å². The Labute approximate surface area is 130 Å². The summed E-state index contributed by atoms with van der Waals surface area (Å²) < 4.78 is 5.87. The van der Waals surface area contributed by atoms with Crippen LogP contribution in [0.1, 0.15) is 90.4 Å². The topological polar surface area (TPSA) is 9.23 Å². The van der Waals surface area contributed by atoms with Crippen molar-refractivity contribution in [3.05, 3.63) is 0 Å². The first-order chi connectivity index (χ1) is 9.56. The molecule has 0 fully saturated rings. The Kier molecular flexibility index (Phi) is 14.3. The van der Waals surface area contributed by atoms with Crippen LogP contribution < -0.4 is 0 Å². The van der Waals surface area contributed by atoms with Crippen LogP contribution in [-0.4, -0.2) is 14.9 Å². The molecule has 1 nitrogen and oxygen atoms in total. The molecule has 0 aliphatic carbocycles. The summed E-state index contributed by atoms with van der Waals surface area (Å²) in [4.78, 5) is 0. The summed E-state index contributed by atoms with van der Waals surface area (Å²) in [5.41, 5.74) is 0. The summed E-state index contributed by atoms with van der Waals surface area (Å²) in [6, 6.07) is 0. The van der Waals surface area contributed by atoms with Crippen molar-refractivity contribution >= 4 is 8.32 Å². The minimum absolute atomic E-state index is 0.994. The van der Waals surface area contributed by atoms with Crippen LogP contribution in [0.25, 0.3) is 0 Å². The zero-order valence-electron chi connectivity index (χ0n) is 14.8. The van der Waals surface area contributed by atoms with E-state index < -0.39 is 8.32 Å². The number of rotatable bonds is 15. The van der Waals surface area contributed by atoms with Gasteiger partial charge in [0, 0.05) is 6.61 Å². The average Bonchev–Trinajstić information content (AvgIpc) is 2.38. The quantitative estimate of drug-likeness (QED) is 0.235.